The minimum absolute atomic E-state index is 0.112. The van der Waals surface area contributed by atoms with E-state index in [1.54, 1.807) is 18.5 Å². The molecule has 5 heteroatoms. The second kappa shape index (κ2) is 4.94. The molecule has 0 fully saturated rings. The summed E-state index contributed by atoms with van der Waals surface area (Å²) in [7, 11) is 0. The predicted molar refractivity (Wildman–Crippen MR) is 87.3 cm³/mol. The third kappa shape index (κ3) is 1.97. The minimum Gasteiger partial charge on any atom is -0.306 e. The molecule has 0 saturated carbocycles. The van der Waals surface area contributed by atoms with Gasteiger partial charge < -0.3 is 5.32 Å². The molecule has 1 unspecified atom stereocenters. The predicted octanol–water partition coefficient (Wildman–Crippen LogP) is 3.50. The van der Waals surface area contributed by atoms with Crippen LogP contribution in [0.1, 0.15) is 24.0 Å². The SMILES string of the molecule is CC1C=Nc2ccc3c(c21)N(C(=O)Nc1cccnc1)CC3. The number of anilines is 2. The van der Waals surface area contributed by atoms with Crippen LogP contribution in [-0.4, -0.2) is 23.8 Å². The highest BCUT2D eigenvalue weighted by atomic mass is 16.2. The topological polar surface area (TPSA) is 57.6 Å². The van der Waals surface area contributed by atoms with Crippen LogP contribution in [0.5, 0.6) is 0 Å². The maximum atomic E-state index is 12.6. The molecule has 0 radical (unpaired) electrons. The molecule has 2 aromatic rings. The summed E-state index contributed by atoms with van der Waals surface area (Å²) in [5.41, 5.74) is 5.10. The lowest BCUT2D eigenvalue weighted by Crippen LogP contribution is -2.34. The van der Waals surface area contributed by atoms with Crippen LogP contribution in [0.2, 0.25) is 0 Å². The number of nitrogens with one attached hydrogen (secondary N) is 1. The Balaban J connectivity index is 1.68. The molecule has 0 saturated heterocycles. The molecule has 110 valence electrons. The summed E-state index contributed by atoms with van der Waals surface area (Å²) in [5.74, 6) is 0.247. The minimum atomic E-state index is -0.112. The molecule has 2 aliphatic rings. The van der Waals surface area contributed by atoms with E-state index in [1.807, 2.05) is 17.2 Å². The maximum absolute atomic E-state index is 12.6. The van der Waals surface area contributed by atoms with Crippen LogP contribution in [0.15, 0.2) is 41.7 Å². The number of carbonyl (C=O) groups excluding carboxylic acids is 1. The van der Waals surface area contributed by atoms with Crippen molar-refractivity contribution in [2.75, 3.05) is 16.8 Å². The van der Waals surface area contributed by atoms with Gasteiger partial charge in [0, 0.05) is 30.4 Å². The zero-order valence-electron chi connectivity index (χ0n) is 12.3. The Kier molecular flexibility index (Phi) is 2.92. The van der Waals surface area contributed by atoms with Gasteiger partial charge >= 0.3 is 6.03 Å². The summed E-state index contributed by atoms with van der Waals surface area (Å²) in [5, 5.41) is 2.91. The molecule has 5 nitrogen and oxygen atoms in total. The van der Waals surface area contributed by atoms with Crippen molar-refractivity contribution in [2.45, 2.75) is 19.3 Å². The largest absolute Gasteiger partial charge is 0.326 e. The van der Waals surface area contributed by atoms with Gasteiger partial charge in [0.2, 0.25) is 0 Å². The number of hydrogen-bond donors (Lipinski definition) is 1. The molecule has 1 aromatic heterocycles. The molecular formula is C17H16N4O. The molecule has 1 N–H and O–H groups in total. The summed E-state index contributed by atoms with van der Waals surface area (Å²) < 4.78 is 0. The average molecular weight is 292 g/mol. The number of pyridine rings is 1. The molecule has 2 amide bonds. The normalized spacial score (nSPS) is 18.2. The zero-order valence-corrected chi connectivity index (χ0v) is 12.3. The summed E-state index contributed by atoms with van der Waals surface area (Å²) in [6.07, 6.45) is 6.17. The quantitative estimate of drug-likeness (QED) is 0.874. The number of rotatable bonds is 1. The molecule has 22 heavy (non-hydrogen) atoms. The van der Waals surface area contributed by atoms with Crippen molar-refractivity contribution in [3.05, 3.63) is 47.8 Å². The summed E-state index contributed by atoms with van der Waals surface area (Å²) in [4.78, 5) is 22.9. The number of carbonyl (C=O) groups is 1. The van der Waals surface area contributed by atoms with Gasteiger partial charge in [-0.25, -0.2) is 4.79 Å². The fourth-order valence-corrected chi connectivity index (χ4v) is 3.17. The molecule has 0 bridgehead atoms. The summed E-state index contributed by atoms with van der Waals surface area (Å²) in [6, 6.07) is 7.67. The van der Waals surface area contributed by atoms with Crippen LogP contribution >= 0.6 is 0 Å². The van der Waals surface area contributed by atoms with E-state index in [0.717, 1.165) is 23.4 Å². The van der Waals surface area contributed by atoms with E-state index in [4.69, 9.17) is 0 Å². The summed E-state index contributed by atoms with van der Waals surface area (Å²) >= 11 is 0. The van der Waals surface area contributed by atoms with Crippen molar-refractivity contribution in [1.29, 1.82) is 0 Å². The highest BCUT2D eigenvalue weighted by Gasteiger charge is 2.31. The first-order chi connectivity index (χ1) is 10.7. The average Bonchev–Trinajstić information content (AvgIpc) is 3.12. The number of urea groups is 1. The first kappa shape index (κ1) is 13.0. The van der Waals surface area contributed by atoms with Crippen LogP contribution in [-0.2, 0) is 6.42 Å². The fourth-order valence-electron chi connectivity index (χ4n) is 3.17. The highest BCUT2D eigenvalue weighted by Crippen LogP contribution is 2.44. The van der Waals surface area contributed by atoms with Crippen molar-refractivity contribution in [2.24, 2.45) is 4.99 Å². The van der Waals surface area contributed by atoms with Gasteiger partial charge in [-0.05, 0) is 30.2 Å². The second-order valence-corrected chi connectivity index (χ2v) is 5.65. The number of hydrogen-bond acceptors (Lipinski definition) is 3. The number of aromatic nitrogens is 1. The number of nitrogens with zero attached hydrogens (tertiary/aromatic N) is 3. The van der Waals surface area contributed by atoms with Crippen LogP contribution in [0, 0.1) is 0 Å². The molecule has 3 heterocycles. The summed E-state index contributed by atoms with van der Waals surface area (Å²) in [6.45, 7) is 2.82. The molecule has 0 aliphatic carbocycles. The number of aliphatic imine (C=N–C) groups is 1. The smallest absolute Gasteiger partial charge is 0.306 e. The van der Waals surface area contributed by atoms with Gasteiger partial charge in [-0.1, -0.05) is 13.0 Å². The molecule has 1 aromatic carbocycles. The molecule has 4 rings (SSSR count). The number of fused-ring (bicyclic) bond motifs is 3. The molecule has 1 atom stereocenters. The van der Waals surface area contributed by atoms with Crippen molar-refractivity contribution in [3.8, 4) is 0 Å². The number of benzene rings is 1. The monoisotopic (exact) mass is 292 g/mol. The molecule has 0 spiro atoms. The van der Waals surface area contributed by atoms with E-state index in [2.05, 4.69) is 34.3 Å². The Morgan fingerprint density at radius 2 is 2.27 bits per heavy atom. The zero-order chi connectivity index (χ0) is 15.1. The molecule has 2 aliphatic heterocycles. The molecular weight excluding hydrogens is 276 g/mol. The van der Waals surface area contributed by atoms with Crippen molar-refractivity contribution < 1.29 is 4.79 Å². The van der Waals surface area contributed by atoms with Crippen LogP contribution in [0.3, 0.4) is 0 Å². The third-order valence-corrected chi connectivity index (χ3v) is 4.20. The van der Waals surface area contributed by atoms with Crippen molar-refractivity contribution >= 4 is 29.3 Å². The Hall–Kier alpha value is -2.69. The van der Waals surface area contributed by atoms with E-state index in [-0.39, 0.29) is 11.9 Å². The van der Waals surface area contributed by atoms with Gasteiger partial charge in [0.25, 0.3) is 0 Å². The number of amides is 2. The van der Waals surface area contributed by atoms with Crippen LogP contribution in [0.4, 0.5) is 21.9 Å². The Morgan fingerprint density at radius 3 is 3.09 bits per heavy atom. The van der Waals surface area contributed by atoms with Gasteiger partial charge in [-0.2, -0.15) is 0 Å². The second-order valence-electron chi connectivity index (χ2n) is 5.65. The Morgan fingerprint density at radius 1 is 1.36 bits per heavy atom. The standard InChI is InChI=1S/C17H16N4O/c1-11-9-19-14-5-4-12-6-8-21(16(12)15(11)14)17(22)20-13-3-2-7-18-10-13/h2-5,7,9-11H,6,8H2,1H3,(H,20,22). The lowest BCUT2D eigenvalue weighted by molar-refractivity contribution is 0.257. The highest BCUT2D eigenvalue weighted by molar-refractivity contribution is 6.05. The van der Waals surface area contributed by atoms with E-state index >= 15 is 0 Å². The fraction of sp³-hybridized carbons (Fsp3) is 0.235. The lowest BCUT2D eigenvalue weighted by Gasteiger charge is -2.21. The first-order valence-electron chi connectivity index (χ1n) is 7.42. The van der Waals surface area contributed by atoms with Crippen LogP contribution < -0.4 is 10.2 Å². The lowest BCUT2D eigenvalue weighted by atomic mass is 9.98. The van der Waals surface area contributed by atoms with Crippen molar-refractivity contribution in [3.63, 3.8) is 0 Å². The van der Waals surface area contributed by atoms with E-state index < -0.39 is 0 Å². The van der Waals surface area contributed by atoms with Gasteiger partial charge in [0.1, 0.15) is 0 Å². The van der Waals surface area contributed by atoms with Gasteiger partial charge in [0.15, 0.2) is 0 Å². The van der Waals surface area contributed by atoms with E-state index in [9.17, 15) is 4.79 Å². The van der Waals surface area contributed by atoms with E-state index in [0.29, 0.717) is 12.2 Å². The van der Waals surface area contributed by atoms with Gasteiger partial charge in [0.05, 0.1) is 23.3 Å². The first-order valence-corrected chi connectivity index (χ1v) is 7.42. The Bertz CT molecular complexity index is 770. The Labute approximate surface area is 128 Å². The van der Waals surface area contributed by atoms with Gasteiger partial charge in [-0.15, -0.1) is 0 Å². The van der Waals surface area contributed by atoms with Gasteiger partial charge in [-0.3, -0.25) is 14.9 Å². The van der Waals surface area contributed by atoms with E-state index in [1.165, 1.54) is 5.56 Å². The third-order valence-electron chi connectivity index (χ3n) is 4.20. The maximum Gasteiger partial charge on any atom is 0.326 e. The van der Waals surface area contributed by atoms with Crippen molar-refractivity contribution in [1.82, 2.24) is 4.98 Å². The van der Waals surface area contributed by atoms with Crippen LogP contribution in [0.25, 0.3) is 0 Å².